The number of halogens is 1. The molecular formula is C12H19ClN2. The van der Waals surface area contributed by atoms with Crippen molar-refractivity contribution in [2.75, 3.05) is 24.2 Å². The molecule has 84 valence electrons. The number of nitrogen functional groups attached to an aromatic ring is 1. The smallest absolute Gasteiger partial charge is 0.0656 e. The van der Waals surface area contributed by atoms with Crippen molar-refractivity contribution in [1.82, 2.24) is 0 Å². The Morgan fingerprint density at radius 1 is 1.40 bits per heavy atom. The van der Waals surface area contributed by atoms with Gasteiger partial charge in [0, 0.05) is 19.3 Å². The maximum absolute atomic E-state index is 6.01. The van der Waals surface area contributed by atoms with Crippen LogP contribution in [0.2, 0.25) is 5.02 Å². The molecule has 0 heterocycles. The Balaban J connectivity index is 2.88. The molecule has 0 radical (unpaired) electrons. The Labute approximate surface area is 97.0 Å². The van der Waals surface area contributed by atoms with E-state index < -0.39 is 0 Å². The van der Waals surface area contributed by atoms with E-state index >= 15 is 0 Å². The fourth-order valence-corrected chi connectivity index (χ4v) is 1.78. The van der Waals surface area contributed by atoms with Gasteiger partial charge in [0.25, 0.3) is 0 Å². The van der Waals surface area contributed by atoms with E-state index in [2.05, 4.69) is 25.8 Å². The lowest BCUT2D eigenvalue weighted by Crippen LogP contribution is -2.19. The normalized spacial score (nSPS) is 10.4. The molecule has 0 atom stereocenters. The third-order valence-electron chi connectivity index (χ3n) is 2.57. The number of unbranched alkanes of at least 4 members (excludes halogenated alkanes) is 1. The van der Waals surface area contributed by atoms with Crippen LogP contribution in [0, 0.1) is 6.92 Å². The lowest BCUT2D eigenvalue weighted by atomic mass is 10.1. The molecule has 1 aromatic rings. The van der Waals surface area contributed by atoms with Crippen molar-refractivity contribution in [1.29, 1.82) is 0 Å². The number of rotatable bonds is 4. The van der Waals surface area contributed by atoms with E-state index in [1.807, 2.05) is 12.1 Å². The van der Waals surface area contributed by atoms with E-state index in [1.165, 1.54) is 24.1 Å². The average molecular weight is 227 g/mol. The van der Waals surface area contributed by atoms with Crippen molar-refractivity contribution >= 4 is 23.0 Å². The third kappa shape index (κ3) is 3.03. The van der Waals surface area contributed by atoms with Crippen LogP contribution < -0.4 is 10.6 Å². The molecule has 0 bridgehead atoms. The van der Waals surface area contributed by atoms with Crippen LogP contribution in [0.15, 0.2) is 12.1 Å². The summed E-state index contributed by atoms with van der Waals surface area (Å²) in [5.41, 5.74) is 8.74. The van der Waals surface area contributed by atoms with Gasteiger partial charge in [-0.25, -0.2) is 0 Å². The molecule has 1 rings (SSSR count). The highest BCUT2D eigenvalue weighted by Gasteiger charge is 2.07. The minimum absolute atomic E-state index is 0.638. The molecule has 0 fully saturated rings. The van der Waals surface area contributed by atoms with Gasteiger partial charge in [0.15, 0.2) is 0 Å². The first-order chi connectivity index (χ1) is 7.06. The van der Waals surface area contributed by atoms with Crippen LogP contribution in [0.4, 0.5) is 11.4 Å². The predicted molar refractivity (Wildman–Crippen MR) is 68.8 cm³/mol. The number of nitrogens with two attached hydrogens (primary N) is 1. The lowest BCUT2D eigenvalue weighted by Gasteiger charge is -2.22. The monoisotopic (exact) mass is 226 g/mol. The van der Waals surface area contributed by atoms with Crippen molar-refractivity contribution < 1.29 is 0 Å². The molecule has 0 aromatic heterocycles. The molecule has 0 spiro atoms. The van der Waals surface area contributed by atoms with Gasteiger partial charge >= 0.3 is 0 Å². The zero-order chi connectivity index (χ0) is 11.4. The predicted octanol–water partition coefficient (Wildman–Crippen LogP) is 3.47. The van der Waals surface area contributed by atoms with Crippen LogP contribution in [0.25, 0.3) is 0 Å². The zero-order valence-electron chi connectivity index (χ0n) is 9.68. The second-order valence-corrected chi connectivity index (χ2v) is 4.34. The lowest BCUT2D eigenvalue weighted by molar-refractivity contribution is 0.765. The van der Waals surface area contributed by atoms with Crippen molar-refractivity contribution in [2.24, 2.45) is 0 Å². The van der Waals surface area contributed by atoms with Gasteiger partial charge in [0.1, 0.15) is 0 Å². The quantitative estimate of drug-likeness (QED) is 0.797. The van der Waals surface area contributed by atoms with E-state index in [1.54, 1.807) is 0 Å². The van der Waals surface area contributed by atoms with E-state index in [0.717, 1.165) is 6.54 Å². The fourth-order valence-electron chi connectivity index (χ4n) is 1.62. The van der Waals surface area contributed by atoms with Gasteiger partial charge in [0.2, 0.25) is 0 Å². The number of hydrogen-bond donors (Lipinski definition) is 1. The number of anilines is 2. The van der Waals surface area contributed by atoms with Crippen LogP contribution in [-0.4, -0.2) is 13.6 Å². The van der Waals surface area contributed by atoms with Crippen LogP contribution in [-0.2, 0) is 0 Å². The largest absolute Gasteiger partial charge is 0.398 e. The van der Waals surface area contributed by atoms with Gasteiger partial charge < -0.3 is 10.6 Å². The highest BCUT2D eigenvalue weighted by molar-refractivity contribution is 6.33. The summed E-state index contributed by atoms with van der Waals surface area (Å²) < 4.78 is 0. The van der Waals surface area contributed by atoms with Crippen LogP contribution in [0.3, 0.4) is 0 Å². The topological polar surface area (TPSA) is 29.3 Å². The minimum Gasteiger partial charge on any atom is -0.398 e. The first-order valence-electron chi connectivity index (χ1n) is 5.33. The second-order valence-electron chi connectivity index (χ2n) is 3.94. The molecule has 0 unspecified atom stereocenters. The maximum Gasteiger partial charge on any atom is 0.0656 e. The van der Waals surface area contributed by atoms with E-state index in [4.69, 9.17) is 17.3 Å². The van der Waals surface area contributed by atoms with E-state index in [0.29, 0.717) is 10.7 Å². The summed E-state index contributed by atoms with van der Waals surface area (Å²) >= 11 is 6.01. The Morgan fingerprint density at radius 2 is 2.07 bits per heavy atom. The summed E-state index contributed by atoms with van der Waals surface area (Å²) in [5.74, 6) is 0. The number of nitrogens with zero attached hydrogens (tertiary/aromatic N) is 1. The SMILES string of the molecule is CCCCN(C)c1cc(Cl)c(N)cc1C. The molecule has 1 aromatic carbocycles. The average Bonchev–Trinajstić information content (AvgIpc) is 2.20. The molecule has 0 saturated heterocycles. The summed E-state index contributed by atoms with van der Waals surface area (Å²) in [6, 6.07) is 3.88. The van der Waals surface area contributed by atoms with Crippen molar-refractivity contribution in [3.8, 4) is 0 Å². The molecule has 0 amide bonds. The van der Waals surface area contributed by atoms with Gasteiger partial charge in [-0.1, -0.05) is 24.9 Å². The van der Waals surface area contributed by atoms with Gasteiger partial charge in [-0.05, 0) is 31.0 Å². The highest BCUT2D eigenvalue weighted by atomic mass is 35.5. The minimum atomic E-state index is 0.638. The number of benzene rings is 1. The highest BCUT2D eigenvalue weighted by Crippen LogP contribution is 2.28. The van der Waals surface area contributed by atoms with E-state index in [-0.39, 0.29) is 0 Å². The van der Waals surface area contributed by atoms with E-state index in [9.17, 15) is 0 Å². The molecule has 0 aliphatic carbocycles. The number of aryl methyl sites for hydroxylation is 1. The summed E-state index contributed by atoms with van der Waals surface area (Å²) in [7, 11) is 2.09. The standard InChI is InChI=1S/C12H19ClN2/c1-4-5-6-15(3)12-8-10(13)11(14)7-9(12)2/h7-8H,4-6,14H2,1-3H3. The Kier molecular flexibility index (Phi) is 4.28. The third-order valence-corrected chi connectivity index (χ3v) is 2.90. The van der Waals surface area contributed by atoms with Crippen molar-refractivity contribution in [3.63, 3.8) is 0 Å². The van der Waals surface area contributed by atoms with Gasteiger partial charge in [0.05, 0.1) is 10.7 Å². The summed E-state index contributed by atoms with van der Waals surface area (Å²) in [6.07, 6.45) is 2.39. The van der Waals surface area contributed by atoms with Crippen molar-refractivity contribution in [2.45, 2.75) is 26.7 Å². The maximum atomic E-state index is 6.01. The molecular weight excluding hydrogens is 208 g/mol. The van der Waals surface area contributed by atoms with Gasteiger partial charge in [-0.15, -0.1) is 0 Å². The Bertz CT molecular complexity index is 337. The molecule has 0 saturated carbocycles. The first kappa shape index (κ1) is 12.2. The Hall–Kier alpha value is -0.890. The molecule has 15 heavy (non-hydrogen) atoms. The molecule has 3 heteroatoms. The van der Waals surface area contributed by atoms with Gasteiger partial charge in [-0.3, -0.25) is 0 Å². The molecule has 2 N–H and O–H groups in total. The molecule has 2 nitrogen and oxygen atoms in total. The summed E-state index contributed by atoms with van der Waals surface area (Å²) in [6.45, 7) is 5.30. The van der Waals surface area contributed by atoms with Crippen LogP contribution in [0.5, 0.6) is 0 Å². The van der Waals surface area contributed by atoms with Gasteiger partial charge in [-0.2, -0.15) is 0 Å². The number of hydrogen-bond acceptors (Lipinski definition) is 2. The fraction of sp³-hybridized carbons (Fsp3) is 0.500. The van der Waals surface area contributed by atoms with Crippen LogP contribution in [0.1, 0.15) is 25.3 Å². The molecule has 0 aliphatic heterocycles. The van der Waals surface area contributed by atoms with Crippen LogP contribution >= 0.6 is 11.6 Å². The molecule has 0 aliphatic rings. The first-order valence-corrected chi connectivity index (χ1v) is 5.70. The second kappa shape index (κ2) is 5.26. The summed E-state index contributed by atoms with van der Waals surface area (Å²) in [5, 5.41) is 0.638. The van der Waals surface area contributed by atoms with Crippen molar-refractivity contribution in [3.05, 3.63) is 22.7 Å². The zero-order valence-corrected chi connectivity index (χ0v) is 10.4. The summed E-state index contributed by atoms with van der Waals surface area (Å²) in [4.78, 5) is 2.23. The Morgan fingerprint density at radius 3 is 2.67 bits per heavy atom.